The number of aromatic nitrogens is 4. The van der Waals surface area contributed by atoms with Gasteiger partial charge in [0.2, 0.25) is 0 Å². The minimum atomic E-state index is -2.15. The molecule has 5 nitrogen and oxygen atoms in total. The third-order valence-corrected chi connectivity index (χ3v) is 8.36. The smallest absolute Gasteiger partial charge is 0.155 e. The average Bonchev–Trinajstić information content (AvgIpc) is 3.70. The third-order valence-electron chi connectivity index (χ3n) is 8.36. The van der Waals surface area contributed by atoms with Crippen LogP contribution >= 0.6 is 0 Å². The van der Waals surface area contributed by atoms with E-state index >= 15 is 0 Å². The maximum Gasteiger partial charge on any atom is 0.155 e. The van der Waals surface area contributed by atoms with Crippen molar-refractivity contribution in [2.45, 2.75) is 46.4 Å². The Hall–Kier alpha value is -4.97. The Morgan fingerprint density at radius 2 is 1.61 bits per heavy atom. The molecule has 0 aliphatic carbocycles. The molecule has 7 heteroatoms. The van der Waals surface area contributed by atoms with Crippen molar-refractivity contribution >= 4 is 33.1 Å². The van der Waals surface area contributed by atoms with Crippen LogP contribution in [0.1, 0.15) is 60.3 Å². The van der Waals surface area contributed by atoms with Crippen molar-refractivity contribution in [1.29, 1.82) is 0 Å². The Bertz CT molecular complexity index is 2460. The van der Waals surface area contributed by atoms with E-state index in [0.717, 1.165) is 50.2 Å². The van der Waals surface area contributed by atoms with Gasteiger partial charge in [-0.2, -0.15) is 0 Å². The molecule has 0 bridgehead atoms. The van der Waals surface area contributed by atoms with Crippen LogP contribution in [0, 0.1) is 24.8 Å². The van der Waals surface area contributed by atoms with Crippen LogP contribution in [0.4, 0.5) is 4.39 Å². The molecule has 1 radical (unpaired) electrons. The maximum absolute atomic E-state index is 12.7. The number of pyridine rings is 2. The zero-order valence-corrected chi connectivity index (χ0v) is 29.9. The van der Waals surface area contributed by atoms with Crippen molar-refractivity contribution in [3.05, 3.63) is 144 Å². The van der Waals surface area contributed by atoms with Gasteiger partial charge in [0.1, 0.15) is 5.58 Å². The molecule has 8 aromatic rings. The van der Waals surface area contributed by atoms with E-state index in [1.165, 1.54) is 35.5 Å². The van der Waals surface area contributed by atoms with E-state index in [0.29, 0.717) is 23.1 Å². The standard InChI is InChI=1S/C30H26N3O.C12H9FN.Ir/c1-18(2)20-11-7-12-21(19(3)4)27(20)33-29(32-25-15-9-17-31-30(25)33)24-14-8-13-23-22-10-5-6-16-26(22)34-28(23)24;1-9-2-7-12(14-8-9)10-3-5-11(13)6-4-10;/h5-13,15-19H,1-4H3;2-3,5-8H,1H3;/q2*-1;/i;1D3;. The molecule has 4 heterocycles. The number of halogens is 1. The van der Waals surface area contributed by atoms with Crippen molar-refractivity contribution < 1.29 is 33.0 Å². The fraction of sp³-hybridized carbons (Fsp3) is 0.167. The number of hydrogen-bond acceptors (Lipinski definition) is 4. The number of rotatable bonds is 5. The molecule has 0 atom stereocenters. The second-order valence-corrected chi connectivity index (χ2v) is 12.3. The van der Waals surface area contributed by atoms with E-state index in [9.17, 15) is 4.39 Å². The van der Waals surface area contributed by atoms with E-state index in [-0.39, 0.29) is 31.5 Å². The number of nitrogens with zero attached hydrogens (tertiary/aromatic N) is 4. The second-order valence-electron chi connectivity index (χ2n) is 12.3. The van der Waals surface area contributed by atoms with E-state index in [1.54, 1.807) is 12.1 Å². The molecule has 4 aromatic carbocycles. The van der Waals surface area contributed by atoms with Gasteiger partial charge in [-0.1, -0.05) is 87.2 Å². The zero-order valence-electron chi connectivity index (χ0n) is 30.5. The van der Waals surface area contributed by atoms with Gasteiger partial charge in [-0.25, -0.2) is 4.98 Å². The molecule has 4 aromatic heterocycles. The summed E-state index contributed by atoms with van der Waals surface area (Å²) in [6.07, 6.45) is 3.14. The molecular formula is C42H35FIrN4O-2. The molecule has 0 unspecified atom stereocenters. The van der Waals surface area contributed by atoms with E-state index in [1.807, 2.05) is 42.6 Å². The Morgan fingerprint density at radius 1 is 0.816 bits per heavy atom. The van der Waals surface area contributed by atoms with Crippen molar-refractivity contribution in [1.82, 2.24) is 19.5 Å². The summed E-state index contributed by atoms with van der Waals surface area (Å²) in [6.45, 7) is 6.79. The van der Waals surface area contributed by atoms with Crippen molar-refractivity contribution in [2.75, 3.05) is 0 Å². The Kier molecular flexibility index (Phi) is 8.76. The van der Waals surface area contributed by atoms with Crippen LogP contribution in [0.2, 0.25) is 0 Å². The summed E-state index contributed by atoms with van der Waals surface area (Å²) in [7, 11) is 0. The van der Waals surface area contributed by atoms with Crippen molar-refractivity contribution in [3.8, 4) is 28.3 Å². The molecule has 0 N–H and O–H groups in total. The number of aryl methyl sites for hydroxylation is 1. The van der Waals surface area contributed by atoms with Gasteiger partial charge >= 0.3 is 0 Å². The van der Waals surface area contributed by atoms with Crippen LogP contribution in [-0.2, 0) is 20.1 Å². The minimum Gasteiger partial charge on any atom is -0.501 e. The number of para-hydroxylation sites is 2. The largest absolute Gasteiger partial charge is 0.501 e. The van der Waals surface area contributed by atoms with Gasteiger partial charge in [-0.3, -0.25) is 9.37 Å². The summed E-state index contributed by atoms with van der Waals surface area (Å²) >= 11 is 0. The van der Waals surface area contributed by atoms with Crippen LogP contribution in [-0.4, -0.2) is 19.5 Å². The summed E-state index contributed by atoms with van der Waals surface area (Å²) < 4.78 is 42.9. The fourth-order valence-electron chi connectivity index (χ4n) is 6.04. The first kappa shape index (κ1) is 30.1. The first-order chi connectivity index (χ1) is 24.5. The molecule has 49 heavy (non-hydrogen) atoms. The summed E-state index contributed by atoms with van der Waals surface area (Å²) in [5, 5.41) is 2.16. The number of hydrogen-bond donors (Lipinski definition) is 0. The first-order valence-electron chi connectivity index (χ1n) is 17.4. The van der Waals surface area contributed by atoms with Gasteiger partial charge in [-0.05, 0) is 59.3 Å². The van der Waals surface area contributed by atoms with Gasteiger partial charge in [0, 0.05) is 53.5 Å². The van der Waals surface area contributed by atoms with Crippen molar-refractivity contribution in [3.63, 3.8) is 0 Å². The molecule has 0 aliphatic heterocycles. The molecular weight excluding hydrogens is 788 g/mol. The molecule has 0 aliphatic rings. The summed E-state index contributed by atoms with van der Waals surface area (Å²) in [5.74, 6) is 1.11. The van der Waals surface area contributed by atoms with Gasteiger partial charge in [-0.15, -0.1) is 48.0 Å². The van der Waals surface area contributed by atoms with Crippen LogP contribution in [0.5, 0.6) is 0 Å². The molecule has 0 spiro atoms. The first-order valence-corrected chi connectivity index (χ1v) is 15.9. The molecule has 0 amide bonds. The van der Waals surface area contributed by atoms with Crippen LogP contribution < -0.4 is 0 Å². The Labute approximate surface area is 303 Å². The Morgan fingerprint density at radius 3 is 2.31 bits per heavy atom. The van der Waals surface area contributed by atoms with Crippen LogP contribution in [0.15, 0.2) is 114 Å². The average molecular weight is 826 g/mol. The molecule has 0 saturated carbocycles. The fourth-order valence-corrected chi connectivity index (χ4v) is 6.04. The van der Waals surface area contributed by atoms with Gasteiger partial charge in [0.15, 0.2) is 5.65 Å². The van der Waals surface area contributed by atoms with E-state index in [4.69, 9.17) is 18.5 Å². The summed E-state index contributed by atoms with van der Waals surface area (Å²) in [5.41, 5.74) is 9.29. The number of fused-ring (bicyclic) bond motifs is 4. The van der Waals surface area contributed by atoms with Gasteiger partial charge in [0.25, 0.3) is 0 Å². The third kappa shape index (κ3) is 6.57. The van der Waals surface area contributed by atoms with Crippen LogP contribution in [0.3, 0.4) is 0 Å². The number of furan rings is 1. The topological polar surface area (TPSA) is 56.7 Å². The van der Waals surface area contributed by atoms with Crippen LogP contribution in [0.25, 0.3) is 61.4 Å². The molecule has 0 fully saturated rings. The molecule has 0 saturated heterocycles. The predicted molar refractivity (Wildman–Crippen MR) is 192 cm³/mol. The van der Waals surface area contributed by atoms with E-state index < -0.39 is 6.85 Å². The molecule has 8 rings (SSSR count). The van der Waals surface area contributed by atoms with Gasteiger partial charge in [0.05, 0.1) is 16.9 Å². The number of imidazole rings is 1. The monoisotopic (exact) mass is 826 g/mol. The quantitative estimate of drug-likeness (QED) is 0.162. The maximum atomic E-state index is 12.7. The SMILES string of the molecule is CC(C)c1cccc(C(C)C)c1-n1c(-c2[c-]ccc3c2oc2ccccc23)nc2cccnc21.[2H]C([2H])([2H])c1ccc(-c2[c-]cc(F)cc2)nc1.[Ir]. The Balaban J connectivity index is 0.000000218. The van der Waals surface area contributed by atoms with Crippen molar-refractivity contribution in [2.24, 2.45) is 0 Å². The van der Waals surface area contributed by atoms with E-state index in [2.05, 4.69) is 79.7 Å². The normalized spacial score (nSPS) is 12.4. The molecule has 247 valence electrons. The van der Waals surface area contributed by atoms with Gasteiger partial charge < -0.3 is 14.0 Å². The number of benzene rings is 4. The second kappa shape index (κ2) is 14.3. The summed E-state index contributed by atoms with van der Waals surface area (Å²) in [6, 6.07) is 36.1. The minimum absolute atomic E-state index is 0. The zero-order chi connectivity index (χ0) is 35.9. The predicted octanol–water partition coefficient (Wildman–Crippen LogP) is 11.0. The summed E-state index contributed by atoms with van der Waals surface area (Å²) in [4.78, 5) is 13.9.